The molecular weight excluding hydrogens is 316 g/mol. The number of benzene rings is 2. The molecule has 0 saturated carbocycles. The summed E-state index contributed by atoms with van der Waals surface area (Å²) < 4.78 is 11.0. The zero-order valence-electron chi connectivity index (χ0n) is 14.7. The Labute approximate surface area is 148 Å². The first-order valence-electron chi connectivity index (χ1n) is 8.08. The molecule has 0 aliphatic rings. The second-order valence-corrected chi connectivity index (χ2v) is 6.56. The number of hydrogen-bond donors (Lipinski definition) is 1. The van der Waals surface area contributed by atoms with Crippen LogP contribution in [0.5, 0.6) is 5.75 Å². The van der Waals surface area contributed by atoms with Gasteiger partial charge in [-0.3, -0.25) is 5.32 Å². The number of amides is 1. The lowest BCUT2D eigenvalue weighted by atomic mass is 10.1. The molecule has 0 unspecified atom stereocenters. The van der Waals surface area contributed by atoms with Gasteiger partial charge in [0.25, 0.3) is 0 Å². The van der Waals surface area contributed by atoms with Crippen LogP contribution in [0, 0.1) is 11.3 Å². The third-order valence-electron chi connectivity index (χ3n) is 3.22. The molecular formula is C20H22N2O3. The fourth-order valence-electron chi connectivity index (χ4n) is 2.12. The van der Waals surface area contributed by atoms with E-state index < -0.39 is 11.7 Å². The first-order valence-corrected chi connectivity index (χ1v) is 8.08. The molecule has 0 aliphatic carbocycles. The molecule has 0 spiro atoms. The van der Waals surface area contributed by atoms with Crippen molar-refractivity contribution in [1.29, 1.82) is 5.26 Å². The summed E-state index contributed by atoms with van der Waals surface area (Å²) in [4.78, 5) is 11.8. The number of nitrogens with one attached hydrogen (secondary N) is 1. The van der Waals surface area contributed by atoms with Gasteiger partial charge >= 0.3 is 6.09 Å². The van der Waals surface area contributed by atoms with E-state index in [0.717, 1.165) is 12.0 Å². The van der Waals surface area contributed by atoms with Crippen LogP contribution in [0.2, 0.25) is 0 Å². The van der Waals surface area contributed by atoms with Gasteiger partial charge in [0.1, 0.15) is 11.4 Å². The van der Waals surface area contributed by atoms with Gasteiger partial charge in [-0.25, -0.2) is 4.79 Å². The molecule has 1 amide bonds. The molecule has 0 saturated heterocycles. The van der Waals surface area contributed by atoms with Crippen molar-refractivity contribution in [2.45, 2.75) is 32.8 Å². The minimum atomic E-state index is -0.542. The lowest BCUT2D eigenvalue weighted by Gasteiger charge is -2.19. The van der Waals surface area contributed by atoms with Crippen molar-refractivity contribution in [2.24, 2.45) is 0 Å². The standard InChI is InChI=1S/C20H22N2O3/c1-20(2,3)25-19(23)22-17-5-4-6-18(13-17)24-12-11-15-7-9-16(14-21)10-8-15/h4-10,13H,11-12H2,1-3H3,(H,22,23). The summed E-state index contributed by atoms with van der Waals surface area (Å²) in [5.41, 5.74) is 1.82. The highest BCUT2D eigenvalue weighted by atomic mass is 16.6. The minimum absolute atomic E-state index is 0.498. The lowest BCUT2D eigenvalue weighted by Crippen LogP contribution is -2.27. The number of ether oxygens (including phenoxy) is 2. The van der Waals surface area contributed by atoms with Crippen LogP contribution in [0.15, 0.2) is 48.5 Å². The van der Waals surface area contributed by atoms with Crippen LogP contribution in [-0.2, 0) is 11.2 Å². The Kier molecular flexibility index (Phi) is 6.02. The molecule has 5 heteroatoms. The van der Waals surface area contributed by atoms with Crippen LogP contribution in [-0.4, -0.2) is 18.3 Å². The predicted octanol–water partition coefficient (Wildman–Crippen LogP) is 4.53. The van der Waals surface area contributed by atoms with Crippen LogP contribution < -0.4 is 10.1 Å². The average Bonchev–Trinajstić information content (AvgIpc) is 2.54. The van der Waals surface area contributed by atoms with Crippen LogP contribution in [0.4, 0.5) is 10.5 Å². The molecule has 130 valence electrons. The number of carbonyl (C=O) groups is 1. The summed E-state index contributed by atoms with van der Waals surface area (Å²) >= 11 is 0. The van der Waals surface area contributed by atoms with Gasteiger partial charge in [0, 0.05) is 18.2 Å². The van der Waals surface area contributed by atoms with Crippen LogP contribution in [0.3, 0.4) is 0 Å². The van der Waals surface area contributed by atoms with Crippen molar-refractivity contribution in [3.63, 3.8) is 0 Å². The summed E-state index contributed by atoms with van der Waals surface area (Å²) in [6.07, 6.45) is 0.234. The summed E-state index contributed by atoms with van der Waals surface area (Å²) in [6.45, 7) is 5.95. The second kappa shape index (κ2) is 8.20. The Hall–Kier alpha value is -3.00. The monoisotopic (exact) mass is 338 g/mol. The first kappa shape index (κ1) is 18.3. The molecule has 0 aromatic heterocycles. The van der Waals surface area contributed by atoms with Crippen molar-refractivity contribution >= 4 is 11.8 Å². The van der Waals surface area contributed by atoms with Crippen LogP contribution >= 0.6 is 0 Å². The quantitative estimate of drug-likeness (QED) is 0.869. The Balaban J connectivity index is 1.86. The van der Waals surface area contributed by atoms with Gasteiger partial charge in [-0.15, -0.1) is 0 Å². The van der Waals surface area contributed by atoms with E-state index in [1.165, 1.54) is 0 Å². The van der Waals surface area contributed by atoms with Gasteiger partial charge in [0.2, 0.25) is 0 Å². The van der Waals surface area contributed by atoms with Gasteiger partial charge < -0.3 is 9.47 Å². The van der Waals surface area contributed by atoms with Gasteiger partial charge in [-0.05, 0) is 50.6 Å². The van der Waals surface area contributed by atoms with Crippen LogP contribution in [0.25, 0.3) is 0 Å². The molecule has 0 radical (unpaired) electrons. The highest BCUT2D eigenvalue weighted by Crippen LogP contribution is 2.19. The molecule has 5 nitrogen and oxygen atoms in total. The molecule has 2 aromatic rings. The number of anilines is 1. The number of rotatable bonds is 5. The molecule has 2 aromatic carbocycles. The Bertz CT molecular complexity index is 756. The fourth-order valence-corrected chi connectivity index (χ4v) is 2.12. The highest BCUT2D eigenvalue weighted by molar-refractivity contribution is 5.85. The molecule has 0 heterocycles. The molecule has 2 rings (SSSR count). The first-order chi connectivity index (χ1) is 11.9. The van der Waals surface area contributed by atoms with Crippen molar-refractivity contribution in [3.05, 3.63) is 59.7 Å². The van der Waals surface area contributed by atoms with Gasteiger partial charge in [-0.1, -0.05) is 18.2 Å². The lowest BCUT2D eigenvalue weighted by molar-refractivity contribution is 0.0636. The van der Waals surface area contributed by atoms with Gasteiger partial charge in [0.15, 0.2) is 0 Å². The summed E-state index contributed by atoms with van der Waals surface area (Å²) in [7, 11) is 0. The molecule has 0 aliphatic heterocycles. The third kappa shape index (κ3) is 6.56. The van der Waals surface area contributed by atoms with E-state index in [2.05, 4.69) is 11.4 Å². The van der Waals surface area contributed by atoms with E-state index in [1.54, 1.807) is 24.3 Å². The molecule has 0 bridgehead atoms. The maximum absolute atomic E-state index is 11.8. The Morgan fingerprint density at radius 2 is 1.88 bits per heavy atom. The maximum Gasteiger partial charge on any atom is 0.412 e. The van der Waals surface area contributed by atoms with E-state index in [4.69, 9.17) is 14.7 Å². The smallest absolute Gasteiger partial charge is 0.412 e. The summed E-state index contributed by atoms with van der Waals surface area (Å²) in [5, 5.41) is 11.5. The van der Waals surface area contributed by atoms with Gasteiger partial charge in [0.05, 0.1) is 18.2 Å². The molecule has 1 N–H and O–H groups in total. The van der Waals surface area contributed by atoms with Crippen LogP contribution in [0.1, 0.15) is 31.9 Å². The van der Waals surface area contributed by atoms with Crippen molar-refractivity contribution in [3.8, 4) is 11.8 Å². The SMILES string of the molecule is CC(C)(C)OC(=O)Nc1cccc(OCCc2ccc(C#N)cc2)c1. The van der Waals surface area contributed by atoms with E-state index in [1.807, 2.05) is 45.0 Å². The number of carbonyl (C=O) groups excluding carboxylic acids is 1. The average molecular weight is 338 g/mol. The number of hydrogen-bond acceptors (Lipinski definition) is 4. The zero-order chi connectivity index (χ0) is 18.3. The van der Waals surface area contributed by atoms with Crippen molar-refractivity contribution in [2.75, 3.05) is 11.9 Å². The van der Waals surface area contributed by atoms with Crippen molar-refractivity contribution < 1.29 is 14.3 Å². The van der Waals surface area contributed by atoms with E-state index in [0.29, 0.717) is 23.6 Å². The highest BCUT2D eigenvalue weighted by Gasteiger charge is 2.16. The third-order valence-corrected chi connectivity index (χ3v) is 3.22. The van der Waals surface area contributed by atoms with Crippen molar-refractivity contribution in [1.82, 2.24) is 0 Å². The largest absolute Gasteiger partial charge is 0.493 e. The maximum atomic E-state index is 11.8. The second-order valence-electron chi connectivity index (χ2n) is 6.56. The van der Waals surface area contributed by atoms with E-state index in [9.17, 15) is 4.79 Å². The Morgan fingerprint density at radius 1 is 1.16 bits per heavy atom. The number of nitriles is 1. The summed E-state index contributed by atoms with van der Waals surface area (Å²) in [5.74, 6) is 0.669. The van der Waals surface area contributed by atoms with E-state index in [-0.39, 0.29) is 0 Å². The van der Waals surface area contributed by atoms with E-state index >= 15 is 0 Å². The predicted molar refractivity (Wildman–Crippen MR) is 96.7 cm³/mol. The Morgan fingerprint density at radius 3 is 2.52 bits per heavy atom. The normalized spacial score (nSPS) is 10.6. The number of nitrogens with zero attached hydrogens (tertiary/aromatic N) is 1. The molecule has 25 heavy (non-hydrogen) atoms. The minimum Gasteiger partial charge on any atom is -0.493 e. The summed E-state index contributed by atoms with van der Waals surface area (Å²) in [6, 6.07) is 16.7. The zero-order valence-corrected chi connectivity index (χ0v) is 14.7. The molecule has 0 fully saturated rings. The fraction of sp³-hybridized carbons (Fsp3) is 0.300. The topological polar surface area (TPSA) is 71.3 Å². The molecule has 0 atom stereocenters. The van der Waals surface area contributed by atoms with Gasteiger partial charge in [-0.2, -0.15) is 5.26 Å².